The predicted octanol–water partition coefficient (Wildman–Crippen LogP) is 3.74. The van der Waals surface area contributed by atoms with Crippen LogP contribution in [0.15, 0.2) is 48.5 Å². The molecule has 1 unspecified atom stereocenters. The van der Waals surface area contributed by atoms with Gasteiger partial charge in [-0.05, 0) is 49.1 Å². The van der Waals surface area contributed by atoms with Crippen molar-refractivity contribution in [3.8, 4) is 11.5 Å². The van der Waals surface area contributed by atoms with Gasteiger partial charge in [-0.2, -0.15) is 0 Å². The third-order valence-electron chi connectivity index (χ3n) is 3.65. The van der Waals surface area contributed by atoms with Crippen molar-refractivity contribution < 1.29 is 13.9 Å². The first-order valence-electron chi connectivity index (χ1n) is 7.46. The van der Waals surface area contributed by atoms with Crippen LogP contribution in [0.1, 0.15) is 24.3 Å². The predicted molar refractivity (Wildman–Crippen MR) is 85.9 cm³/mol. The maximum atomic E-state index is 13.4. The number of benzene rings is 2. The first-order valence-corrected chi connectivity index (χ1v) is 7.46. The minimum atomic E-state index is -0.331. The Bertz CT molecular complexity index is 589. The second-order valence-corrected chi connectivity index (χ2v) is 5.10. The highest BCUT2D eigenvalue weighted by molar-refractivity contribution is 5.36. The number of ether oxygens (including phenoxy) is 2. The zero-order valence-corrected chi connectivity index (χ0v) is 12.8. The summed E-state index contributed by atoms with van der Waals surface area (Å²) in [5.74, 6) is 1.03. The topological polar surface area (TPSA) is 44.5 Å². The normalized spacial score (nSPS) is 12.0. The SMILES string of the molecule is COc1ccccc1C(CN)CCCOc1ccccc1F. The molecule has 118 valence electrons. The fourth-order valence-electron chi connectivity index (χ4n) is 2.48. The van der Waals surface area contributed by atoms with E-state index in [1.807, 2.05) is 24.3 Å². The minimum Gasteiger partial charge on any atom is -0.496 e. The van der Waals surface area contributed by atoms with E-state index in [1.165, 1.54) is 6.07 Å². The lowest BCUT2D eigenvalue weighted by Gasteiger charge is -2.18. The van der Waals surface area contributed by atoms with Crippen molar-refractivity contribution in [3.05, 3.63) is 59.9 Å². The average molecular weight is 303 g/mol. The molecule has 0 saturated heterocycles. The molecule has 0 aromatic heterocycles. The Balaban J connectivity index is 1.88. The summed E-state index contributed by atoms with van der Waals surface area (Å²) in [5.41, 5.74) is 7.00. The minimum absolute atomic E-state index is 0.209. The van der Waals surface area contributed by atoms with E-state index in [9.17, 15) is 4.39 Å². The van der Waals surface area contributed by atoms with E-state index >= 15 is 0 Å². The molecule has 0 aliphatic carbocycles. The molecule has 0 aliphatic heterocycles. The van der Waals surface area contributed by atoms with E-state index in [2.05, 4.69) is 0 Å². The summed E-state index contributed by atoms with van der Waals surface area (Å²) in [5, 5.41) is 0. The summed E-state index contributed by atoms with van der Waals surface area (Å²) in [6.45, 7) is 1.01. The summed E-state index contributed by atoms with van der Waals surface area (Å²) in [7, 11) is 1.66. The fourth-order valence-corrected chi connectivity index (χ4v) is 2.48. The van der Waals surface area contributed by atoms with Crippen LogP contribution in [0.4, 0.5) is 4.39 Å². The van der Waals surface area contributed by atoms with Crippen molar-refractivity contribution in [3.63, 3.8) is 0 Å². The van der Waals surface area contributed by atoms with Crippen LogP contribution >= 0.6 is 0 Å². The molecule has 0 aliphatic rings. The van der Waals surface area contributed by atoms with Gasteiger partial charge >= 0.3 is 0 Å². The summed E-state index contributed by atoms with van der Waals surface area (Å²) < 4.78 is 24.3. The standard InChI is InChI=1S/C18H22FNO2/c1-21-17-10-4-2-8-15(17)14(13-20)7-6-12-22-18-11-5-3-9-16(18)19/h2-5,8-11,14H,6-7,12-13,20H2,1H3. The highest BCUT2D eigenvalue weighted by atomic mass is 19.1. The highest BCUT2D eigenvalue weighted by Gasteiger charge is 2.14. The van der Waals surface area contributed by atoms with Crippen molar-refractivity contribution in [2.24, 2.45) is 5.73 Å². The van der Waals surface area contributed by atoms with Gasteiger partial charge in [0, 0.05) is 0 Å². The Hall–Kier alpha value is -2.07. The molecular weight excluding hydrogens is 281 g/mol. The monoisotopic (exact) mass is 303 g/mol. The number of methoxy groups -OCH3 is 1. The van der Waals surface area contributed by atoms with Gasteiger partial charge in [-0.3, -0.25) is 0 Å². The van der Waals surface area contributed by atoms with E-state index in [0.717, 1.165) is 24.2 Å². The maximum absolute atomic E-state index is 13.4. The third-order valence-corrected chi connectivity index (χ3v) is 3.65. The van der Waals surface area contributed by atoms with E-state index in [0.29, 0.717) is 18.9 Å². The summed E-state index contributed by atoms with van der Waals surface area (Å²) in [4.78, 5) is 0. The largest absolute Gasteiger partial charge is 0.496 e. The van der Waals surface area contributed by atoms with Gasteiger partial charge in [0.15, 0.2) is 11.6 Å². The molecular formula is C18H22FNO2. The van der Waals surface area contributed by atoms with E-state index in [-0.39, 0.29) is 11.7 Å². The third kappa shape index (κ3) is 4.21. The summed E-state index contributed by atoms with van der Waals surface area (Å²) >= 11 is 0. The zero-order chi connectivity index (χ0) is 15.8. The molecule has 2 aromatic rings. The molecule has 0 saturated carbocycles. The number of rotatable bonds is 8. The lowest BCUT2D eigenvalue weighted by atomic mass is 9.93. The lowest BCUT2D eigenvalue weighted by molar-refractivity contribution is 0.287. The summed E-state index contributed by atoms with van der Waals surface area (Å²) in [6.07, 6.45) is 1.67. The van der Waals surface area contributed by atoms with Gasteiger partial charge in [-0.25, -0.2) is 4.39 Å². The van der Waals surface area contributed by atoms with Gasteiger partial charge in [0.2, 0.25) is 0 Å². The van der Waals surface area contributed by atoms with Gasteiger partial charge in [0.1, 0.15) is 5.75 Å². The van der Waals surface area contributed by atoms with Crippen LogP contribution < -0.4 is 15.2 Å². The van der Waals surface area contributed by atoms with Crippen LogP contribution in [0, 0.1) is 5.82 Å². The van der Waals surface area contributed by atoms with E-state index in [1.54, 1.807) is 25.3 Å². The second kappa shape index (κ2) is 8.39. The van der Waals surface area contributed by atoms with Crippen LogP contribution in [0.3, 0.4) is 0 Å². The molecule has 4 heteroatoms. The molecule has 22 heavy (non-hydrogen) atoms. The van der Waals surface area contributed by atoms with Crippen molar-refractivity contribution in [2.75, 3.05) is 20.3 Å². The number of halogens is 1. The molecule has 2 N–H and O–H groups in total. The number of hydrogen-bond donors (Lipinski definition) is 1. The quantitative estimate of drug-likeness (QED) is 0.756. The molecule has 0 fully saturated rings. The first kappa shape index (κ1) is 16.3. The van der Waals surface area contributed by atoms with Crippen LogP contribution in [-0.4, -0.2) is 20.3 Å². The van der Waals surface area contributed by atoms with Crippen LogP contribution in [-0.2, 0) is 0 Å². The van der Waals surface area contributed by atoms with Crippen molar-refractivity contribution in [2.45, 2.75) is 18.8 Å². The molecule has 0 radical (unpaired) electrons. The van der Waals surface area contributed by atoms with E-state index in [4.69, 9.17) is 15.2 Å². The maximum Gasteiger partial charge on any atom is 0.165 e. The van der Waals surface area contributed by atoms with Gasteiger partial charge in [0.25, 0.3) is 0 Å². The van der Waals surface area contributed by atoms with Crippen molar-refractivity contribution in [1.82, 2.24) is 0 Å². The van der Waals surface area contributed by atoms with Gasteiger partial charge in [-0.15, -0.1) is 0 Å². The molecule has 1 atom stereocenters. The average Bonchev–Trinajstić information content (AvgIpc) is 2.56. The van der Waals surface area contributed by atoms with Crippen LogP contribution in [0.5, 0.6) is 11.5 Å². The van der Waals surface area contributed by atoms with E-state index < -0.39 is 0 Å². The van der Waals surface area contributed by atoms with Crippen LogP contribution in [0.2, 0.25) is 0 Å². The van der Waals surface area contributed by atoms with Gasteiger partial charge in [-0.1, -0.05) is 30.3 Å². The Kier molecular flexibility index (Phi) is 6.22. The number of nitrogens with two attached hydrogens (primary N) is 1. The molecule has 2 rings (SSSR count). The number of hydrogen-bond acceptors (Lipinski definition) is 3. The van der Waals surface area contributed by atoms with Gasteiger partial charge in [0.05, 0.1) is 13.7 Å². The molecule has 3 nitrogen and oxygen atoms in total. The summed E-state index contributed by atoms with van der Waals surface area (Å²) in [6, 6.07) is 14.3. The van der Waals surface area contributed by atoms with Gasteiger partial charge < -0.3 is 15.2 Å². The Morgan fingerprint density at radius 2 is 1.73 bits per heavy atom. The first-order chi connectivity index (χ1) is 10.8. The Morgan fingerprint density at radius 1 is 1.05 bits per heavy atom. The Labute approximate surface area is 130 Å². The molecule has 0 amide bonds. The highest BCUT2D eigenvalue weighted by Crippen LogP contribution is 2.29. The molecule has 0 spiro atoms. The Morgan fingerprint density at radius 3 is 2.41 bits per heavy atom. The smallest absolute Gasteiger partial charge is 0.165 e. The second-order valence-electron chi connectivity index (χ2n) is 5.10. The number of para-hydroxylation sites is 2. The molecule has 2 aromatic carbocycles. The fraction of sp³-hybridized carbons (Fsp3) is 0.333. The van der Waals surface area contributed by atoms with Crippen molar-refractivity contribution in [1.29, 1.82) is 0 Å². The molecule has 0 heterocycles. The van der Waals surface area contributed by atoms with Crippen LogP contribution in [0.25, 0.3) is 0 Å². The molecule has 0 bridgehead atoms. The lowest BCUT2D eigenvalue weighted by Crippen LogP contribution is -2.14. The van der Waals surface area contributed by atoms with Crippen molar-refractivity contribution >= 4 is 0 Å². The zero-order valence-electron chi connectivity index (χ0n) is 12.8.